The summed E-state index contributed by atoms with van der Waals surface area (Å²) in [5.41, 5.74) is 0.816. The van der Waals surface area contributed by atoms with E-state index in [1.807, 2.05) is 72.0 Å². The van der Waals surface area contributed by atoms with E-state index in [2.05, 4.69) is 0 Å². The Morgan fingerprint density at radius 3 is 2.59 bits per heavy atom. The number of aromatic hydroxyl groups is 1. The number of fused-ring (bicyclic) bond motifs is 1. The summed E-state index contributed by atoms with van der Waals surface area (Å²) in [5.74, 6) is -1.23. The molecule has 0 saturated carbocycles. The number of phenols is 1. The standard InChI is InChI=1S/C21H18INO4/c1-2-23(18-9-5-7-14-6-3-4-8-16(14)18)20(25)13-27-21(26)17-12-15(22)10-11-19(17)24/h3-12,24H,2,13H2,1H3. The second kappa shape index (κ2) is 8.39. The molecule has 138 valence electrons. The van der Waals surface area contributed by atoms with Crippen molar-refractivity contribution in [1.29, 1.82) is 0 Å². The highest BCUT2D eigenvalue weighted by Crippen LogP contribution is 2.27. The number of benzene rings is 3. The monoisotopic (exact) mass is 475 g/mol. The van der Waals surface area contributed by atoms with Crippen molar-refractivity contribution in [2.24, 2.45) is 0 Å². The molecule has 3 aromatic rings. The lowest BCUT2D eigenvalue weighted by Gasteiger charge is -2.22. The van der Waals surface area contributed by atoms with Gasteiger partial charge in [-0.3, -0.25) is 4.79 Å². The van der Waals surface area contributed by atoms with Crippen LogP contribution in [0.4, 0.5) is 5.69 Å². The Balaban J connectivity index is 1.77. The van der Waals surface area contributed by atoms with Crippen molar-refractivity contribution in [1.82, 2.24) is 0 Å². The molecule has 0 bridgehead atoms. The van der Waals surface area contributed by atoms with Crippen LogP contribution in [0.2, 0.25) is 0 Å². The van der Waals surface area contributed by atoms with Gasteiger partial charge in [-0.15, -0.1) is 0 Å². The summed E-state index contributed by atoms with van der Waals surface area (Å²) in [5, 5.41) is 11.8. The first-order chi connectivity index (χ1) is 13.0. The van der Waals surface area contributed by atoms with Crippen LogP contribution in [-0.2, 0) is 9.53 Å². The molecular formula is C21H18INO4. The molecule has 6 heteroatoms. The van der Waals surface area contributed by atoms with Gasteiger partial charge in [0.05, 0.1) is 5.69 Å². The maximum Gasteiger partial charge on any atom is 0.342 e. The van der Waals surface area contributed by atoms with Crippen LogP contribution in [0, 0.1) is 3.57 Å². The minimum absolute atomic E-state index is 0.0444. The van der Waals surface area contributed by atoms with Gasteiger partial charge in [0.15, 0.2) is 6.61 Å². The number of hydrogen-bond acceptors (Lipinski definition) is 4. The largest absolute Gasteiger partial charge is 0.507 e. The fourth-order valence-electron chi connectivity index (χ4n) is 2.88. The molecule has 0 unspecified atom stereocenters. The third-order valence-corrected chi connectivity index (χ3v) is 4.85. The summed E-state index contributed by atoms with van der Waals surface area (Å²) >= 11 is 2.04. The van der Waals surface area contributed by atoms with Crippen molar-refractivity contribution < 1.29 is 19.4 Å². The van der Waals surface area contributed by atoms with Crippen molar-refractivity contribution in [2.45, 2.75) is 6.92 Å². The molecule has 0 fully saturated rings. The number of carbonyl (C=O) groups excluding carboxylic acids is 2. The molecule has 0 atom stereocenters. The number of nitrogens with zero attached hydrogens (tertiary/aromatic N) is 1. The average Bonchev–Trinajstić information content (AvgIpc) is 2.68. The molecule has 1 amide bonds. The number of halogens is 1. The predicted molar refractivity (Wildman–Crippen MR) is 113 cm³/mol. The van der Waals surface area contributed by atoms with E-state index in [0.29, 0.717) is 6.54 Å². The van der Waals surface area contributed by atoms with Crippen molar-refractivity contribution in [2.75, 3.05) is 18.1 Å². The third kappa shape index (κ3) is 4.21. The molecule has 5 nitrogen and oxygen atoms in total. The van der Waals surface area contributed by atoms with Gasteiger partial charge in [0, 0.05) is 15.5 Å². The van der Waals surface area contributed by atoms with Crippen LogP contribution in [0.15, 0.2) is 60.7 Å². The van der Waals surface area contributed by atoms with Gasteiger partial charge >= 0.3 is 5.97 Å². The van der Waals surface area contributed by atoms with E-state index in [1.165, 1.54) is 12.1 Å². The predicted octanol–water partition coefficient (Wildman–Crippen LogP) is 4.36. The molecule has 27 heavy (non-hydrogen) atoms. The number of ether oxygens (including phenoxy) is 1. The molecule has 0 aliphatic rings. The van der Waals surface area contributed by atoms with Crippen LogP contribution in [0.1, 0.15) is 17.3 Å². The van der Waals surface area contributed by atoms with E-state index in [0.717, 1.165) is 20.0 Å². The van der Waals surface area contributed by atoms with E-state index in [9.17, 15) is 14.7 Å². The van der Waals surface area contributed by atoms with E-state index in [-0.39, 0.29) is 17.2 Å². The Morgan fingerprint density at radius 2 is 1.81 bits per heavy atom. The lowest BCUT2D eigenvalue weighted by molar-refractivity contribution is -0.121. The van der Waals surface area contributed by atoms with E-state index in [1.54, 1.807) is 11.0 Å². The number of amides is 1. The summed E-state index contributed by atoms with van der Waals surface area (Å²) in [6, 6.07) is 18.2. The van der Waals surface area contributed by atoms with Crippen molar-refractivity contribution >= 4 is 50.9 Å². The molecule has 0 aliphatic carbocycles. The highest BCUT2D eigenvalue weighted by Gasteiger charge is 2.20. The lowest BCUT2D eigenvalue weighted by Crippen LogP contribution is -2.34. The quantitative estimate of drug-likeness (QED) is 0.440. The third-order valence-electron chi connectivity index (χ3n) is 4.18. The van der Waals surface area contributed by atoms with Gasteiger partial charge in [-0.2, -0.15) is 0 Å². The summed E-state index contributed by atoms with van der Waals surface area (Å²) in [7, 11) is 0. The Kier molecular flexibility index (Phi) is 5.95. The van der Waals surface area contributed by atoms with Crippen LogP contribution >= 0.6 is 22.6 Å². The highest BCUT2D eigenvalue weighted by atomic mass is 127. The summed E-state index contributed by atoms with van der Waals surface area (Å²) < 4.78 is 5.94. The van der Waals surface area contributed by atoms with Crippen molar-refractivity contribution in [3.63, 3.8) is 0 Å². The first kappa shape index (κ1) is 19.2. The molecule has 0 radical (unpaired) electrons. The van der Waals surface area contributed by atoms with E-state index >= 15 is 0 Å². The number of rotatable bonds is 5. The minimum Gasteiger partial charge on any atom is -0.507 e. The molecule has 0 heterocycles. The Morgan fingerprint density at radius 1 is 1.07 bits per heavy atom. The molecule has 3 aromatic carbocycles. The van der Waals surface area contributed by atoms with Gasteiger partial charge < -0.3 is 14.7 Å². The fraction of sp³-hybridized carbons (Fsp3) is 0.143. The maximum atomic E-state index is 12.7. The Bertz CT molecular complexity index is 997. The summed E-state index contributed by atoms with van der Waals surface area (Å²) in [4.78, 5) is 26.5. The van der Waals surface area contributed by atoms with Crippen molar-refractivity contribution in [3.05, 3.63) is 69.8 Å². The zero-order chi connectivity index (χ0) is 19.4. The Hall–Kier alpha value is -2.61. The molecule has 0 aromatic heterocycles. The van der Waals surface area contributed by atoms with Gasteiger partial charge in [0.1, 0.15) is 11.3 Å². The Labute approximate surface area is 170 Å². The molecule has 0 saturated heterocycles. The molecule has 0 spiro atoms. The first-order valence-corrected chi connectivity index (χ1v) is 9.53. The normalized spacial score (nSPS) is 10.6. The molecule has 1 N–H and O–H groups in total. The van der Waals surface area contributed by atoms with Gasteiger partial charge in [0.25, 0.3) is 5.91 Å². The van der Waals surface area contributed by atoms with Crippen LogP contribution in [0.25, 0.3) is 10.8 Å². The number of anilines is 1. The number of carbonyl (C=O) groups is 2. The summed E-state index contributed by atoms with van der Waals surface area (Å²) in [6.07, 6.45) is 0. The number of esters is 1. The first-order valence-electron chi connectivity index (χ1n) is 8.45. The fourth-order valence-corrected chi connectivity index (χ4v) is 3.37. The smallest absolute Gasteiger partial charge is 0.342 e. The summed E-state index contributed by atoms with van der Waals surface area (Å²) in [6.45, 7) is 1.91. The van der Waals surface area contributed by atoms with E-state index in [4.69, 9.17) is 4.74 Å². The average molecular weight is 475 g/mol. The zero-order valence-electron chi connectivity index (χ0n) is 14.7. The van der Waals surface area contributed by atoms with Gasteiger partial charge in [-0.1, -0.05) is 36.4 Å². The second-order valence-corrected chi connectivity index (χ2v) is 7.12. The topological polar surface area (TPSA) is 66.8 Å². The van der Waals surface area contributed by atoms with Crippen LogP contribution < -0.4 is 4.90 Å². The number of hydrogen-bond donors (Lipinski definition) is 1. The number of phenolic OH excluding ortho intramolecular Hbond substituents is 1. The van der Waals surface area contributed by atoms with Crippen LogP contribution in [-0.4, -0.2) is 30.1 Å². The SMILES string of the molecule is CCN(C(=O)COC(=O)c1cc(I)ccc1O)c1cccc2ccccc12. The molecule has 3 rings (SSSR count). The molecule has 0 aliphatic heterocycles. The lowest BCUT2D eigenvalue weighted by atomic mass is 10.1. The zero-order valence-corrected chi connectivity index (χ0v) is 16.8. The molecular weight excluding hydrogens is 457 g/mol. The van der Waals surface area contributed by atoms with Crippen molar-refractivity contribution in [3.8, 4) is 5.75 Å². The van der Waals surface area contributed by atoms with Crippen LogP contribution in [0.5, 0.6) is 5.75 Å². The maximum absolute atomic E-state index is 12.7. The van der Waals surface area contributed by atoms with Gasteiger partial charge in [-0.25, -0.2) is 4.79 Å². The van der Waals surface area contributed by atoms with Gasteiger partial charge in [0.2, 0.25) is 0 Å². The minimum atomic E-state index is -0.728. The van der Waals surface area contributed by atoms with Crippen LogP contribution in [0.3, 0.4) is 0 Å². The van der Waals surface area contributed by atoms with Gasteiger partial charge in [-0.05, 0) is 59.2 Å². The second-order valence-electron chi connectivity index (χ2n) is 5.87. The van der Waals surface area contributed by atoms with E-state index < -0.39 is 12.6 Å². The number of likely N-dealkylation sites (N-methyl/N-ethyl adjacent to an activating group) is 1. The highest BCUT2D eigenvalue weighted by molar-refractivity contribution is 14.1.